The van der Waals surface area contributed by atoms with Crippen molar-refractivity contribution in [2.45, 2.75) is 0 Å². The maximum atomic E-state index is 10.8. The first-order chi connectivity index (χ1) is 5.66. The summed E-state index contributed by atoms with van der Waals surface area (Å²) < 4.78 is 0. The molecule has 3 N–H and O–H groups in total. The summed E-state index contributed by atoms with van der Waals surface area (Å²) in [5.41, 5.74) is 0. The molecule has 0 bridgehead atoms. The molecule has 0 aromatic carbocycles. The van der Waals surface area contributed by atoms with E-state index in [4.69, 9.17) is 5.11 Å². The molecule has 0 radical (unpaired) electrons. The van der Waals surface area contributed by atoms with Crippen LogP contribution in [0.4, 0.5) is 4.79 Å². The van der Waals surface area contributed by atoms with E-state index in [0.29, 0.717) is 13.1 Å². The molecule has 0 aliphatic heterocycles. The van der Waals surface area contributed by atoms with Crippen molar-refractivity contribution in [2.75, 3.05) is 40.3 Å². The Kier molecular flexibility index (Phi) is 6.41. The monoisotopic (exact) mass is 175 g/mol. The molecule has 72 valence electrons. The Bertz CT molecular complexity index is 128. The van der Waals surface area contributed by atoms with E-state index in [9.17, 15) is 4.79 Å². The average molecular weight is 175 g/mol. The van der Waals surface area contributed by atoms with Gasteiger partial charge in [-0.25, -0.2) is 4.79 Å². The number of amides is 2. The number of aliphatic hydroxyl groups excluding tert-OH is 1. The van der Waals surface area contributed by atoms with Crippen molar-refractivity contribution in [1.82, 2.24) is 15.5 Å². The lowest BCUT2D eigenvalue weighted by molar-refractivity contribution is 0.233. The molecule has 0 aliphatic carbocycles. The van der Waals surface area contributed by atoms with Gasteiger partial charge in [0.05, 0.1) is 6.61 Å². The van der Waals surface area contributed by atoms with Crippen LogP contribution in [0.3, 0.4) is 0 Å². The Morgan fingerprint density at radius 2 is 1.92 bits per heavy atom. The molecular formula is C7H17N3O2. The minimum absolute atomic E-state index is 0.0267. The predicted molar refractivity (Wildman–Crippen MR) is 47.0 cm³/mol. The van der Waals surface area contributed by atoms with Crippen molar-refractivity contribution in [3.63, 3.8) is 0 Å². The zero-order valence-corrected chi connectivity index (χ0v) is 7.63. The van der Waals surface area contributed by atoms with Crippen LogP contribution >= 0.6 is 0 Å². The third-order valence-corrected chi connectivity index (χ3v) is 1.24. The molecule has 12 heavy (non-hydrogen) atoms. The van der Waals surface area contributed by atoms with Gasteiger partial charge in [0.15, 0.2) is 0 Å². The van der Waals surface area contributed by atoms with Crippen LogP contribution < -0.4 is 10.6 Å². The first kappa shape index (κ1) is 11.2. The normalized spacial score (nSPS) is 10.0. The summed E-state index contributed by atoms with van der Waals surface area (Å²) in [6.45, 7) is 1.70. The smallest absolute Gasteiger partial charge is 0.314 e. The zero-order chi connectivity index (χ0) is 9.40. The molecule has 0 spiro atoms. The van der Waals surface area contributed by atoms with Crippen LogP contribution in [0.25, 0.3) is 0 Å². The lowest BCUT2D eigenvalue weighted by Gasteiger charge is -2.10. The van der Waals surface area contributed by atoms with Crippen LogP contribution in [0.1, 0.15) is 0 Å². The lowest BCUT2D eigenvalue weighted by Crippen LogP contribution is -2.40. The number of nitrogens with zero attached hydrogens (tertiary/aromatic N) is 1. The van der Waals surface area contributed by atoms with Gasteiger partial charge >= 0.3 is 6.03 Å². The van der Waals surface area contributed by atoms with Gasteiger partial charge in [-0.2, -0.15) is 0 Å². The van der Waals surface area contributed by atoms with Crippen molar-refractivity contribution < 1.29 is 9.90 Å². The molecule has 0 rings (SSSR count). The van der Waals surface area contributed by atoms with E-state index in [1.54, 1.807) is 0 Å². The Morgan fingerprint density at radius 1 is 1.33 bits per heavy atom. The second-order valence-electron chi connectivity index (χ2n) is 2.71. The number of urea groups is 1. The number of hydrogen-bond donors (Lipinski definition) is 3. The van der Waals surface area contributed by atoms with Crippen LogP contribution in [0.5, 0.6) is 0 Å². The number of carbonyl (C=O) groups excluding carboxylic acids is 1. The first-order valence-corrected chi connectivity index (χ1v) is 3.94. The fourth-order valence-corrected chi connectivity index (χ4v) is 0.625. The Labute approximate surface area is 72.7 Å². The molecular weight excluding hydrogens is 158 g/mol. The van der Waals surface area contributed by atoms with Gasteiger partial charge in [0.25, 0.3) is 0 Å². The summed E-state index contributed by atoms with van der Waals surface area (Å²) in [6.07, 6.45) is 0. The molecule has 0 aromatic rings. The molecule has 0 saturated heterocycles. The highest BCUT2D eigenvalue weighted by Gasteiger charge is 1.96. The fourth-order valence-electron chi connectivity index (χ4n) is 0.625. The molecule has 0 saturated carbocycles. The molecule has 2 amide bonds. The number of carbonyl (C=O) groups is 1. The third-order valence-electron chi connectivity index (χ3n) is 1.24. The Balaban J connectivity index is 3.20. The second-order valence-corrected chi connectivity index (χ2v) is 2.71. The van der Waals surface area contributed by atoms with Crippen molar-refractivity contribution in [1.29, 1.82) is 0 Å². The number of likely N-dealkylation sites (N-methyl/N-ethyl adjacent to an activating group) is 1. The topological polar surface area (TPSA) is 64.6 Å². The van der Waals surface area contributed by atoms with E-state index in [0.717, 1.165) is 6.54 Å². The fraction of sp³-hybridized carbons (Fsp3) is 0.857. The third kappa shape index (κ3) is 7.30. The Hall–Kier alpha value is -0.810. The summed E-state index contributed by atoms with van der Waals surface area (Å²) >= 11 is 0. The van der Waals surface area contributed by atoms with Gasteiger partial charge < -0.3 is 20.6 Å². The van der Waals surface area contributed by atoms with Gasteiger partial charge in [-0.05, 0) is 14.1 Å². The SMILES string of the molecule is CN(C)CCNC(=O)NCCO. The van der Waals surface area contributed by atoms with E-state index in [1.165, 1.54) is 0 Å². The Morgan fingerprint density at radius 3 is 2.42 bits per heavy atom. The quantitative estimate of drug-likeness (QED) is 0.494. The van der Waals surface area contributed by atoms with Crippen LogP contribution in [0.2, 0.25) is 0 Å². The van der Waals surface area contributed by atoms with E-state index >= 15 is 0 Å². The average Bonchev–Trinajstić information content (AvgIpc) is 2.00. The van der Waals surface area contributed by atoms with Gasteiger partial charge in [-0.15, -0.1) is 0 Å². The molecule has 5 heteroatoms. The molecule has 0 atom stereocenters. The molecule has 0 fully saturated rings. The maximum Gasteiger partial charge on any atom is 0.314 e. The molecule has 0 unspecified atom stereocenters. The number of rotatable bonds is 5. The molecule has 0 heterocycles. The van der Waals surface area contributed by atoms with Gasteiger partial charge in [0, 0.05) is 19.6 Å². The summed E-state index contributed by atoms with van der Waals surface area (Å²) in [4.78, 5) is 12.8. The van der Waals surface area contributed by atoms with E-state index in [-0.39, 0.29) is 12.6 Å². The van der Waals surface area contributed by atoms with Crippen LogP contribution in [-0.4, -0.2) is 56.4 Å². The van der Waals surface area contributed by atoms with Crippen molar-refractivity contribution in [2.24, 2.45) is 0 Å². The largest absolute Gasteiger partial charge is 0.395 e. The lowest BCUT2D eigenvalue weighted by atomic mass is 10.6. The summed E-state index contributed by atoms with van der Waals surface area (Å²) in [6, 6.07) is -0.231. The standard InChI is InChI=1S/C7H17N3O2/c1-10(2)5-3-8-7(12)9-4-6-11/h11H,3-6H2,1-2H3,(H2,8,9,12). The maximum absolute atomic E-state index is 10.8. The van der Waals surface area contributed by atoms with Crippen LogP contribution in [0.15, 0.2) is 0 Å². The molecule has 0 aromatic heterocycles. The van der Waals surface area contributed by atoms with Gasteiger partial charge in [0.2, 0.25) is 0 Å². The van der Waals surface area contributed by atoms with Gasteiger partial charge in [-0.3, -0.25) is 0 Å². The van der Waals surface area contributed by atoms with Crippen LogP contribution in [0, 0.1) is 0 Å². The van der Waals surface area contributed by atoms with E-state index < -0.39 is 0 Å². The highest BCUT2D eigenvalue weighted by atomic mass is 16.3. The van der Waals surface area contributed by atoms with Crippen molar-refractivity contribution >= 4 is 6.03 Å². The molecule has 0 aliphatic rings. The highest BCUT2D eigenvalue weighted by molar-refractivity contribution is 5.73. The van der Waals surface area contributed by atoms with E-state index in [2.05, 4.69) is 10.6 Å². The minimum atomic E-state index is -0.231. The molecule has 5 nitrogen and oxygen atoms in total. The summed E-state index contributed by atoms with van der Waals surface area (Å²) in [7, 11) is 3.88. The van der Waals surface area contributed by atoms with E-state index in [1.807, 2.05) is 19.0 Å². The minimum Gasteiger partial charge on any atom is -0.395 e. The van der Waals surface area contributed by atoms with Crippen LogP contribution in [-0.2, 0) is 0 Å². The number of aliphatic hydroxyl groups is 1. The van der Waals surface area contributed by atoms with Crippen molar-refractivity contribution in [3.8, 4) is 0 Å². The second kappa shape index (κ2) is 6.87. The highest BCUT2D eigenvalue weighted by Crippen LogP contribution is 1.71. The summed E-state index contributed by atoms with van der Waals surface area (Å²) in [5, 5.41) is 13.5. The number of nitrogens with one attached hydrogen (secondary N) is 2. The summed E-state index contributed by atoms with van der Waals surface area (Å²) in [5.74, 6) is 0. The first-order valence-electron chi connectivity index (χ1n) is 3.94. The number of hydrogen-bond acceptors (Lipinski definition) is 3. The van der Waals surface area contributed by atoms with Gasteiger partial charge in [0.1, 0.15) is 0 Å². The predicted octanol–water partition coefficient (Wildman–Crippen LogP) is -1.16. The van der Waals surface area contributed by atoms with Gasteiger partial charge in [-0.1, -0.05) is 0 Å². The zero-order valence-electron chi connectivity index (χ0n) is 7.63. The van der Waals surface area contributed by atoms with Crippen molar-refractivity contribution in [3.05, 3.63) is 0 Å².